The number of oxazole rings is 1. The maximum atomic E-state index is 11.0. The largest absolute Gasteiger partial charge is 0.440 e. The van der Waals surface area contributed by atoms with Gasteiger partial charge in [0.05, 0.1) is 0 Å². The highest BCUT2D eigenvalue weighted by Gasteiger charge is 2.10. The molecule has 0 aliphatic rings. The zero-order valence-electron chi connectivity index (χ0n) is 16.6. The smallest absolute Gasteiger partial charge is 0.223 e. The van der Waals surface area contributed by atoms with Gasteiger partial charge in [-0.05, 0) is 49.3 Å². The summed E-state index contributed by atoms with van der Waals surface area (Å²) < 4.78 is 6.07. The summed E-state index contributed by atoms with van der Waals surface area (Å²) in [5.41, 5.74) is 7.38. The number of unbranched alkanes of at least 4 members (excludes halogenated alkanes) is 1. The number of benzene rings is 2. The zero-order chi connectivity index (χ0) is 19.6. The van der Waals surface area contributed by atoms with Crippen LogP contribution in [0.5, 0.6) is 0 Å². The van der Waals surface area contributed by atoms with Crippen LogP contribution in [0.1, 0.15) is 43.2 Å². The molecule has 28 heavy (non-hydrogen) atoms. The SMILES string of the molecule is CCNN(C=O)CCCc1cccc2nc(CCCCc3ccccc3)oc12. The molecule has 1 aromatic heterocycles. The molecule has 0 spiro atoms. The Labute approximate surface area is 166 Å². The van der Waals surface area contributed by atoms with Crippen LogP contribution in [0.3, 0.4) is 0 Å². The van der Waals surface area contributed by atoms with Gasteiger partial charge >= 0.3 is 0 Å². The molecule has 1 N–H and O–H groups in total. The standard InChI is InChI=1S/C23H29N3O2/c1-2-24-26(18-27)17-9-14-20-13-8-15-21-23(20)28-22(25-21)16-7-6-12-19-10-4-3-5-11-19/h3-5,8,10-11,13,15,18,24H,2,6-7,9,12,14,16-17H2,1H3. The van der Waals surface area contributed by atoms with Crippen molar-refractivity contribution in [3.8, 4) is 0 Å². The minimum absolute atomic E-state index is 0.675. The summed E-state index contributed by atoms with van der Waals surface area (Å²) in [6.45, 7) is 3.39. The van der Waals surface area contributed by atoms with Gasteiger partial charge < -0.3 is 4.42 Å². The lowest BCUT2D eigenvalue weighted by Crippen LogP contribution is -2.37. The van der Waals surface area contributed by atoms with Crippen LogP contribution in [0, 0.1) is 0 Å². The summed E-state index contributed by atoms with van der Waals surface area (Å²) in [4.78, 5) is 15.7. The van der Waals surface area contributed by atoms with Gasteiger partial charge in [-0.1, -0.05) is 49.4 Å². The molecule has 1 amide bonds. The fourth-order valence-corrected chi connectivity index (χ4v) is 3.42. The predicted octanol–water partition coefficient (Wildman–Crippen LogP) is 4.31. The van der Waals surface area contributed by atoms with E-state index < -0.39 is 0 Å². The van der Waals surface area contributed by atoms with Crippen LogP contribution in [0.25, 0.3) is 11.1 Å². The van der Waals surface area contributed by atoms with Gasteiger partial charge in [0.2, 0.25) is 6.41 Å². The van der Waals surface area contributed by atoms with Gasteiger partial charge in [0.1, 0.15) is 5.52 Å². The number of amides is 1. The number of nitrogens with zero attached hydrogens (tertiary/aromatic N) is 2. The second-order valence-electron chi connectivity index (χ2n) is 6.98. The number of nitrogens with one attached hydrogen (secondary N) is 1. The monoisotopic (exact) mass is 379 g/mol. The van der Waals surface area contributed by atoms with Crippen molar-refractivity contribution in [2.24, 2.45) is 0 Å². The van der Waals surface area contributed by atoms with Gasteiger partial charge in [0, 0.05) is 19.5 Å². The van der Waals surface area contributed by atoms with Gasteiger partial charge in [0.25, 0.3) is 0 Å². The molecule has 0 aliphatic heterocycles. The third-order valence-corrected chi connectivity index (χ3v) is 4.82. The van der Waals surface area contributed by atoms with Crippen LogP contribution in [0.4, 0.5) is 0 Å². The maximum Gasteiger partial charge on any atom is 0.223 e. The lowest BCUT2D eigenvalue weighted by atomic mass is 10.1. The summed E-state index contributed by atoms with van der Waals surface area (Å²) in [5.74, 6) is 0.817. The van der Waals surface area contributed by atoms with Crippen molar-refractivity contribution < 1.29 is 9.21 Å². The van der Waals surface area contributed by atoms with E-state index in [4.69, 9.17) is 4.42 Å². The minimum atomic E-state index is 0.675. The average Bonchev–Trinajstić information content (AvgIpc) is 3.15. The molecule has 5 heteroatoms. The van der Waals surface area contributed by atoms with Crippen molar-refractivity contribution in [3.05, 3.63) is 65.5 Å². The van der Waals surface area contributed by atoms with Crippen LogP contribution >= 0.6 is 0 Å². The number of fused-ring (bicyclic) bond motifs is 1. The van der Waals surface area contributed by atoms with E-state index in [2.05, 4.69) is 46.8 Å². The van der Waals surface area contributed by atoms with Crippen LogP contribution < -0.4 is 5.43 Å². The van der Waals surface area contributed by atoms with Crippen LogP contribution in [0.2, 0.25) is 0 Å². The fourth-order valence-electron chi connectivity index (χ4n) is 3.42. The highest BCUT2D eigenvalue weighted by molar-refractivity contribution is 5.76. The Kier molecular flexibility index (Phi) is 7.62. The van der Waals surface area contributed by atoms with E-state index in [-0.39, 0.29) is 0 Å². The van der Waals surface area contributed by atoms with E-state index in [0.717, 1.165) is 74.0 Å². The molecule has 0 unspecified atom stereocenters. The van der Waals surface area contributed by atoms with Crippen LogP contribution in [-0.4, -0.2) is 29.5 Å². The molecule has 148 valence electrons. The molecule has 0 atom stereocenters. The summed E-state index contributed by atoms with van der Waals surface area (Å²) >= 11 is 0. The first-order valence-electron chi connectivity index (χ1n) is 10.2. The van der Waals surface area contributed by atoms with Crippen molar-refractivity contribution in [3.63, 3.8) is 0 Å². The number of aryl methyl sites for hydroxylation is 3. The molecule has 1 heterocycles. The zero-order valence-corrected chi connectivity index (χ0v) is 16.6. The number of hydrogen-bond donors (Lipinski definition) is 1. The molecule has 0 saturated heterocycles. The molecule has 0 aliphatic carbocycles. The Hall–Kier alpha value is -2.66. The molecule has 0 bridgehead atoms. The number of rotatable bonds is 12. The molecule has 0 radical (unpaired) electrons. The number of hydrogen-bond acceptors (Lipinski definition) is 4. The number of carbonyl (C=O) groups excluding carboxylic acids is 1. The van der Waals surface area contributed by atoms with Crippen LogP contribution in [0.15, 0.2) is 52.9 Å². The van der Waals surface area contributed by atoms with Crippen LogP contribution in [-0.2, 0) is 24.1 Å². The molecular formula is C23H29N3O2. The average molecular weight is 380 g/mol. The normalized spacial score (nSPS) is 11.0. The Morgan fingerprint density at radius 1 is 1.00 bits per heavy atom. The van der Waals surface area contributed by atoms with E-state index in [1.807, 2.05) is 19.1 Å². The number of hydrazine groups is 1. The van der Waals surface area contributed by atoms with E-state index in [1.54, 1.807) is 5.01 Å². The van der Waals surface area contributed by atoms with Crippen molar-refractivity contribution in [2.75, 3.05) is 13.1 Å². The molecular weight excluding hydrogens is 350 g/mol. The van der Waals surface area contributed by atoms with Gasteiger partial charge in [-0.2, -0.15) is 0 Å². The summed E-state index contributed by atoms with van der Waals surface area (Å²) in [7, 11) is 0. The van der Waals surface area contributed by atoms with Crippen molar-refractivity contribution in [1.82, 2.24) is 15.4 Å². The molecule has 3 rings (SSSR count). The van der Waals surface area contributed by atoms with Gasteiger partial charge in [-0.15, -0.1) is 0 Å². The first-order chi connectivity index (χ1) is 13.8. The van der Waals surface area contributed by atoms with Crippen molar-refractivity contribution in [2.45, 2.75) is 45.4 Å². The van der Waals surface area contributed by atoms with E-state index in [9.17, 15) is 4.79 Å². The predicted molar refractivity (Wildman–Crippen MR) is 112 cm³/mol. The van der Waals surface area contributed by atoms with Crippen molar-refractivity contribution >= 4 is 17.5 Å². The quantitative estimate of drug-likeness (QED) is 0.289. The second-order valence-corrected chi connectivity index (χ2v) is 6.98. The van der Waals surface area contributed by atoms with Crippen molar-refractivity contribution in [1.29, 1.82) is 0 Å². The number of carbonyl (C=O) groups is 1. The molecule has 2 aromatic carbocycles. The summed E-state index contributed by atoms with van der Waals surface area (Å²) in [6.07, 6.45) is 6.71. The third-order valence-electron chi connectivity index (χ3n) is 4.82. The molecule has 3 aromatic rings. The Morgan fingerprint density at radius 3 is 2.61 bits per heavy atom. The molecule has 5 nitrogen and oxygen atoms in total. The summed E-state index contributed by atoms with van der Waals surface area (Å²) in [5, 5.41) is 1.60. The number of para-hydroxylation sites is 1. The van der Waals surface area contributed by atoms with Gasteiger partial charge in [-0.3, -0.25) is 9.80 Å². The van der Waals surface area contributed by atoms with E-state index in [0.29, 0.717) is 6.54 Å². The Balaban J connectivity index is 1.53. The number of aromatic nitrogens is 1. The third kappa shape index (κ3) is 5.67. The van der Waals surface area contributed by atoms with E-state index >= 15 is 0 Å². The lowest BCUT2D eigenvalue weighted by Gasteiger charge is -2.16. The van der Waals surface area contributed by atoms with Gasteiger partial charge in [0.15, 0.2) is 11.5 Å². The summed E-state index contributed by atoms with van der Waals surface area (Å²) in [6, 6.07) is 16.7. The fraction of sp³-hybridized carbons (Fsp3) is 0.391. The highest BCUT2D eigenvalue weighted by atomic mass is 16.3. The second kappa shape index (κ2) is 10.6. The minimum Gasteiger partial charge on any atom is -0.440 e. The Morgan fingerprint density at radius 2 is 1.82 bits per heavy atom. The topological polar surface area (TPSA) is 58.4 Å². The highest BCUT2D eigenvalue weighted by Crippen LogP contribution is 2.22. The lowest BCUT2D eigenvalue weighted by molar-refractivity contribution is -0.120. The first-order valence-corrected chi connectivity index (χ1v) is 10.2. The van der Waals surface area contributed by atoms with Gasteiger partial charge in [-0.25, -0.2) is 10.4 Å². The van der Waals surface area contributed by atoms with E-state index in [1.165, 1.54) is 5.56 Å². The maximum absolute atomic E-state index is 11.0. The molecule has 0 fully saturated rings. The Bertz CT molecular complexity index is 861. The molecule has 0 saturated carbocycles. The first kappa shape index (κ1) is 20.1.